The summed E-state index contributed by atoms with van der Waals surface area (Å²) in [5.74, 6) is -0.282. The Hall–Kier alpha value is -4.08. The molecule has 0 bridgehead atoms. The third-order valence-corrected chi connectivity index (χ3v) is 8.13. The highest BCUT2D eigenvalue weighted by molar-refractivity contribution is 7.22. The van der Waals surface area contributed by atoms with E-state index in [9.17, 15) is 14.7 Å². The predicted octanol–water partition coefficient (Wildman–Crippen LogP) is 7.16. The smallest absolute Gasteiger partial charge is 0.301 e. The van der Waals surface area contributed by atoms with Crippen LogP contribution in [0.1, 0.15) is 43.4 Å². The van der Waals surface area contributed by atoms with E-state index >= 15 is 0 Å². The molecule has 0 aliphatic carbocycles. The quantitative estimate of drug-likeness (QED) is 0.0902. The molecule has 1 N–H and O–H groups in total. The first-order valence-electron chi connectivity index (χ1n) is 13.2. The highest BCUT2D eigenvalue weighted by Gasteiger charge is 2.48. The Morgan fingerprint density at radius 2 is 1.78 bits per heavy atom. The number of nitrogens with zero attached hydrogens (tertiary/aromatic N) is 2. The third-order valence-electron chi connectivity index (χ3n) is 6.86. The van der Waals surface area contributed by atoms with Crippen LogP contribution in [0.25, 0.3) is 16.0 Å². The number of amides is 1. The number of carbonyl (C=O) groups excluding carboxylic acids is 2. The number of hydrogen-bond donors (Lipinski definition) is 1. The van der Waals surface area contributed by atoms with Gasteiger partial charge < -0.3 is 19.3 Å². The molecule has 212 valence electrons. The van der Waals surface area contributed by atoms with Crippen molar-refractivity contribution in [3.8, 4) is 17.2 Å². The van der Waals surface area contributed by atoms with E-state index in [1.54, 1.807) is 61.7 Å². The van der Waals surface area contributed by atoms with Gasteiger partial charge in [-0.25, -0.2) is 4.98 Å². The molecule has 0 spiro atoms. The largest absolute Gasteiger partial charge is 0.507 e. The van der Waals surface area contributed by atoms with Crippen molar-refractivity contribution in [3.05, 3.63) is 82.4 Å². The monoisotopic (exact) mass is 592 g/mol. The van der Waals surface area contributed by atoms with Crippen molar-refractivity contribution in [2.45, 2.75) is 32.2 Å². The Bertz CT molecular complexity index is 1630. The maximum atomic E-state index is 13.6. The van der Waals surface area contributed by atoms with Gasteiger partial charge in [0.25, 0.3) is 5.78 Å². The van der Waals surface area contributed by atoms with Gasteiger partial charge in [0.1, 0.15) is 11.5 Å². The predicted molar refractivity (Wildman–Crippen MR) is 160 cm³/mol. The van der Waals surface area contributed by atoms with Gasteiger partial charge in [0.05, 0.1) is 42.7 Å². The number of unbranched alkanes of at least 4 members (excludes halogenated alkanes) is 2. The number of benzene rings is 3. The third kappa shape index (κ3) is 5.60. The molecular formula is C31H29ClN2O6S. The summed E-state index contributed by atoms with van der Waals surface area (Å²) < 4.78 is 17.7. The molecule has 1 unspecified atom stereocenters. The van der Waals surface area contributed by atoms with Crippen LogP contribution in [0.2, 0.25) is 5.02 Å². The number of aliphatic hydroxyl groups excluding tert-OH is 1. The number of thiazole rings is 1. The van der Waals surface area contributed by atoms with Gasteiger partial charge in [0.2, 0.25) is 0 Å². The maximum Gasteiger partial charge on any atom is 0.301 e. The molecule has 3 aromatic carbocycles. The molecule has 0 saturated carbocycles. The van der Waals surface area contributed by atoms with Crippen LogP contribution in [0, 0.1) is 0 Å². The molecule has 1 aliphatic heterocycles. The second kappa shape index (κ2) is 12.2. The van der Waals surface area contributed by atoms with E-state index in [-0.39, 0.29) is 11.3 Å². The van der Waals surface area contributed by atoms with E-state index in [0.717, 1.165) is 24.0 Å². The summed E-state index contributed by atoms with van der Waals surface area (Å²) in [7, 11) is 3.10. The van der Waals surface area contributed by atoms with E-state index in [1.807, 2.05) is 6.07 Å². The number of aliphatic hydroxyl groups is 1. The van der Waals surface area contributed by atoms with E-state index in [0.29, 0.717) is 50.7 Å². The zero-order valence-electron chi connectivity index (χ0n) is 22.8. The van der Waals surface area contributed by atoms with Crippen LogP contribution in [-0.4, -0.2) is 42.6 Å². The molecule has 41 heavy (non-hydrogen) atoms. The molecule has 4 aromatic rings. The minimum atomic E-state index is -0.976. The van der Waals surface area contributed by atoms with Gasteiger partial charge in [-0.2, -0.15) is 0 Å². The number of hydrogen-bond acceptors (Lipinski definition) is 8. The Balaban J connectivity index is 1.65. The molecule has 1 saturated heterocycles. The van der Waals surface area contributed by atoms with Crippen LogP contribution >= 0.6 is 22.9 Å². The lowest BCUT2D eigenvalue weighted by Crippen LogP contribution is -2.29. The number of rotatable bonds is 10. The standard InChI is InChI=1S/C31H29ClN2O6S/c1-4-5-6-15-40-23-14-9-19(16-24(23)39-3)27-26(28(35)18-7-10-20(32)11-8-18)29(36)30(37)34(27)31-33-22-13-12-21(38-2)17-25(22)41-31/h7-14,16-17,27,35H,4-6,15H2,1-3H3. The van der Waals surface area contributed by atoms with Crippen molar-refractivity contribution in [2.75, 3.05) is 25.7 Å². The highest BCUT2D eigenvalue weighted by Crippen LogP contribution is 2.46. The Morgan fingerprint density at radius 1 is 1.00 bits per heavy atom. The van der Waals surface area contributed by atoms with Crippen molar-refractivity contribution >= 4 is 55.7 Å². The molecule has 2 heterocycles. The average molecular weight is 593 g/mol. The molecule has 1 aliphatic rings. The van der Waals surface area contributed by atoms with Gasteiger partial charge in [-0.05, 0) is 66.6 Å². The van der Waals surface area contributed by atoms with E-state index < -0.39 is 17.7 Å². The highest BCUT2D eigenvalue weighted by atomic mass is 35.5. The van der Waals surface area contributed by atoms with Crippen LogP contribution in [0.15, 0.2) is 66.2 Å². The number of carbonyl (C=O) groups is 2. The van der Waals surface area contributed by atoms with Crippen LogP contribution < -0.4 is 19.1 Å². The van der Waals surface area contributed by atoms with Gasteiger partial charge in [0, 0.05) is 10.6 Å². The number of halogens is 1. The number of anilines is 1. The summed E-state index contributed by atoms with van der Waals surface area (Å²) in [4.78, 5) is 33.2. The molecule has 1 aromatic heterocycles. The topological polar surface area (TPSA) is 98.2 Å². The fourth-order valence-corrected chi connectivity index (χ4v) is 5.89. The van der Waals surface area contributed by atoms with Gasteiger partial charge in [-0.15, -0.1) is 0 Å². The molecule has 10 heteroatoms. The second-order valence-corrected chi connectivity index (χ2v) is 10.9. The minimum absolute atomic E-state index is 0.0622. The summed E-state index contributed by atoms with van der Waals surface area (Å²) >= 11 is 7.30. The average Bonchev–Trinajstić information content (AvgIpc) is 3.52. The zero-order chi connectivity index (χ0) is 29.1. The normalized spacial score (nSPS) is 16.4. The van der Waals surface area contributed by atoms with Gasteiger partial charge in [-0.1, -0.05) is 48.8 Å². The number of methoxy groups -OCH3 is 2. The number of ether oxygens (including phenoxy) is 3. The fraction of sp³-hybridized carbons (Fsp3) is 0.258. The first-order valence-corrected chi connectivity index (χ1v) is 14.4. The Morgan fingerprint density at radius 3 is 2.49 bits per heavy atom. The summed E-state index contributed by atoms with van der Waals surface area (Å²) in [5, 5.41) is 12.2. The van der Waals surface area contributed by atoms with Gasteiger partial charge in [0.15, 0.2) is 16.6 Å². The molecule has 1 fully saturated rings. The van der Waals surface area contributed by atoms with E-state index in [4.69, 9.17) is 25.8 Å². The summed E-state index contributed by atoms with van der Waals surface area (Å²) in [5.41, 5.74) is 1.49. The molecule has 8 nitrogen and oxygen atoms in total. The van der Waals surface area contributed by atoms with E-state index in [2.05, 4.69) is 11.9 Å². The Labute approximate surface area is 246 Å². The lowest BCUT2D eigenvalue weighted by Gasteiger charge is -2.24. The molecular weight excluding hydrogens is 564 g/mol. The first kappa shape index (κ1) is 28.4. The Kier molecular flexibility index (Phi) is 8.46. The lowest BCUT2D eigenvalue weighted by atomic mass is 9.95. The number of ketones is 1. The van der Waals surface area contributed by atoms with Crippen molar-refractivity contribution in [3.63, 3.8) is 0 Å². The lowest BCUT2D eigenvalue weighted by molar-refractivity contribution is -0.132. The summed E-state index contributed by atoms with van der Waals surface area (Å²) in [6, 6.07) is 16.1. The molecule has 0 radical (unpaired) electrons. The number of aromatic nitrogens is 1. The molecule has 1 amide bonds. The zero-order valence-corrected chi connectivity index (χ0v) is 24.4. The molecule has 1 atom stereocenters. The van der Waals surface area contributed by atoms with Crippen molar-refractivity contribution < 1.29 is 28.9 Å². The molecule has 5 rings (SSSR count). The van der Waals surface area contributed by atoms with Gasteiger partial charge >= 0.3 is 5.91 Å². The fourth-order valence-electron chi connectivity index (χ4n) is 4.74. The summed E-state index contributed by atoms with van der Waals surface area (Å²) in [6.45, 7) is 2.66. The number of fused-ring (bicyclic) bond motifs is 1. The SMILES string of the molecule is CCCCCOc1ccc(C2C(=C(O)c3ccc(Cl)cc3)C(=O)C(=O)N2c2nc3ccc(OC)cc3s2)cc1OC. The van der Waals surface area contributed by atoms with Crippen molar-refractivity contribution in [2.24, 2.45) is 0 Å². The van der Waals surface area contributed by atoms with E-state index in [1.165, 1.54) is 23.3 Å². The van der Waals surface area contributed by atoms with Crippen LogP contribution in [0.5, 0.6) is 17.2 Å². The van der Waals surface area contributed by atoms with Gasteiger partial charge in [-0.3, -0.25) is 14.5 Å². The number of Topliss-reactive ketones (excluding diaryl/α,β-unsaturated/α-hetero) is 1. The van der Waals surface area contributed by atoms with Crippen LogP contribution in [0.4, 0.5) is 5.13 Å². The van der Waals surface area contributed by atoms with Crippen molar-refractivity contribution in [1.29, 1.82) is 0 Å². The first-order chi connectivity index (χ1) is 19.9. The van der Waals surface area contributed by atoms with Crippen LogP contribution in [0.3, 0.4) is 0 Å². The maximum absolute atomic E-state index is 13.6. The van der Waals surface area contributed by atoms with Crippen molar-refractivity contribution in [1.82, 2.24) is 4.98 Å². The van der Waals surface area contributed by atoms with Crippen LogP contribution in [-0.2, 0) is 9.59 Å². The summed E-state index contributed by atoms with van der Waals surface area (Å²) in [6.07, 6.45) is 3.03. The second-order valence-electron chi connectivity index (χ2n) is 9.47. The minimum Gasteiger partial charge on any atom is -0.507 e.